The number of aromatic nitrogens is 1. The van der Waals surface area contributed by atoms with Crippen LogP contribution in [0.3, 0.4) is 0 Å². The van der Waals surface area contributed by atoms with E-state index in [9.17, 15) is 18.0 Å². The quantitative estimate of drug-likeness (QED) is 0.403. The molecule has 0 saturated carbocycles. The number of thiophene rings is 1. The summed E-state index contributed by atoms with van der Waals surface area (Å²) in [6, 6.07) is 14.7. The van der Waals surface area contributed by atoms with Crippen LogP contribution < -0.4 is 4.72 Å². The molecule has 1 aromatic carbocycles. The number of nitrogens with zero attached hydrogens (tertiary/aromatic N) is 1. The molecule has 2 aromatic heterocycles. The van der Waals surface area contributed by atoms with Crippen molar-refractivity contribution >= 4 is 33.1 Å². The maximum absolute atomic E-state index is 12.5. The van der Waals surface area contributed by atoms with E-state index in [4.69, 9.17) is 4.74 Å². The average Bonchev–Trinajstić information content (AvgIpc) is 3.37. The van der Waals surface area contributed by atoms with Gasteiger partial charge in [0.1, 0.15) is 10.8 Å². The molecule has 0 saturated heterocycles. The number of ketones is 1. The summed E-state index contributed by atoms with van der Waals surface area (Å²) < 4.78 is 33.3. The van der Waals surface area contributed by atoms with Crippen molar-refractivity contribution in [3.05, 3.63) is 76.4 Å². The van der Waals surface area contributed by atoms with Crippen LogP contribution in [0.2, 0.25) is 0 Å². The van der Waals surface area contributed by atoms with E-state index in [2.05, 4.69) is 4.72 Å². The first-order chi connectivity index (χ1) is 14.3. The van der Waals surface area contributed by atoms with E-state index in [1.807, 2.05) is 48.7 Å². The number of hydrogen-bond acceptors (Lipinski definition) is 6. The van der Waals surface area contributed by atoms with Gasteiger partial charge in [0, 0.05) is 23.5 Å². The molecule has 2 heterocycles. The fraction of sp³-hybridized carbons (Fsp3) is 0.238. The Hall–Kier alpha value is -2.75. The molecule has 0 fully saturated rings. The van der Waals surface area contributed by atoms with E-state index in [-0.39, 0.29) is 9.99 Å². The number of sulfonamides is 1. The van der Waals surface area contributed by atoms with E-state index < -0.39 is 29.1 Å². The molecule has 0 unspecified atom stereocenters. The van der Waals surface area contributed by atoms with Gasteiger partial charge in [-0.15, -0.1) is 11.3 Å². The Balaban J connectivity index is 1.57. The van der Waals surface area contributed by atoms with Gasteiger partial charge < -0.3 is 9.30 Å². The lowest BCUT2D eigenvalue weighted by Gasteiger charge is -2.10. The lowest BCUT2D eigenvalue weighted by atomic mass is 10.1. The highest BCUT2D eigenvalue weighted by Crippen LogP contribution is 2.18. The fourth-order valence-corrected chi connectivity index (χ4v) is 5.02. The lowest BCUT2D eigenvalue weighted by Crippen LogP contribution is -2.31. The first-order valence-corrected chi connectivity index (χ1v) is 11.6. The summed E-state index contributed by atoms with van der Waals surface area (Å²) in [4.78, 5) is 24.4. The second kappa shape index (κ2) is 9.38. The van der Waals surface area contributed by atoms with Crippen molar-refractivity contribution in [3.8, 4) is 0 Å². The van der Waals surface area contributed by atoms with Crippen molar-refractivity contribution in [2.24, 2.45) is 0 Å². The molecular formula is C21H22N2O5S2. The number of carbonyl (C=O) groups is 2. The first kappa shape index (κ1) is 21.9. The molecule has 30 heavy (non-hydrogen) atoms. The highest BCUT2D eigenvalue weighted by Gasteiger charge is 2.20. The smallest absolute Gasteiger partial charge is 0.321 e. The van der Waals surface area contributed by atoms with E-state index in [0.717, 1.165) is 28.3 Å². The molecule has 0 bridgehead atoms. The molecule has 9 heteroatoms. The van der Waals surface area contributed by atoms with Crippen LogP contribution in [-0.4, -0.2) is 37.9 Å². The topological polar surface area (TPSA) is 94.5 Å². The van der Waals surface area contributed by atoms with Gasteiger partial charge in [-0.1, -0.05) is 36.4 Å². The molecule has 3 rings (SSSR count). The largest absolute Gasteiger partial charge is 0.456 e. The molecule has 0 aliphatic carbocycles. The van der Waals surface area contributed by atoms with Crippen molar-refractivity contribution in [1.29, 1.82) is 0 Å². The number of carbonyl (C=O) groups excluding carboxylic acids is 2. The summed E-state index contributed by atoms with van der Waals surface area (Å²) in [5, 5.41) is 1.62. The molecule has 158 valence electrons. The number of nitrogens with one attached hydrogen (secondary N) is 1. The fourth-order valence-electron chi connectivity index (χ4n) is 3.01. The van der Waals surface area contributed by atoms with Crippen LogP contribution in [0.25, 0.3) is 0 Å². The van der Waals surface area contributed by atoms with Crippen molar-refractivity contribution in [2.45, 2.75) is 24.6 Å². The maximum atomic E-state index is 12.5. The van der Waals surface area contributed by atoms with Crippen molar-refractivity contribution < 1.29 is 22.7 Å². The third-order valence-corrected chi connectivity index (χ3v) is 7.39. The van der Waals surface area contributed by atoms with E-state index in [1.165, 1.54) is 6.07 Å². The molecule has 0 aliphatic rings. The normalized spacial score (nSPS) is 11.4. The van der Waals surface area contributed by atoms with Gasteiger partial charge in [0.25, 0.3) is 10.0 Å². The SMILES string of the molecule is Cc1cc(C(=O)COC(=O)CNS(=O)(=O)c2cccs2)c(C)n1Cc1ccccc1. The van der Waals surface area contributed by atoms with Crippen LogP contribution in [0.1, 0.15) is 27.3 Å². The van der Waals surface area contributed by atoms with Gasteiger partial charge in [-0.25, -0.2) is 8.42 Å². The number of hydrogen-bond donors (Lipinski definition) is 1. The Bertz CT molecular complexity index is 1130. The third kappa shape index (κ3) is 5.24. The van der Waals surface area contributed by atoms with Gasteiger partial charge in [0.15, 0.2) is 6.61 Å². The number of ether oxygens (including phenoxy) is 1. The Morgan fingerprint density at radius 3 is 2.50 bits per heavy atom. The summed E-state index contributed by atoms with van der Waals surface area (Å²) in [5.41, 5.74) is 3.31. The number of esters is 1. The zero-order valence-corrected chi connectivity index (χ0v) is 18.3. The number of Topliss-reactive ketones (excluding diaryl/α,β-unsaturated/α-hetero) is 1. The predicted molar refractivity (Wildman–Crippen MR) is 114 cm³/mol. The van der Waals surface area contributed by atoms with Gasteiger partial charge in [-0.2, -0.15) is 4.72 Å². The summed E-state index contributed by atoms with van der Waals surface area (Å²) in [7, 11) is -3.76. The van der Waals surface area contributed by atoms with E-state index in [1.54, 1.807) is 17.5 Å². The van der Waals surface area contributed by atoms with Gasteiger partial charge in [-0.3, -0.25) is 9.59 Å². The average molecular weight is 447 g/mol. The Labute approximate surface area is 179 Å². The van der Waals surface area contributed by atoms with Gasteiger partial charge >= 0.3 is 5.97 Å². The van der Waals surface area contributed by atoms with Crippen LogP contribution in [-0.2, 0) is 26.1 Å². The minimum Gasteiger partial charge on any atom is -0.456 e. The van der Waals surface area contributed by atoms with Crippen molar-refractivity contribution in [1.82, 2.24) is 9.29 Å². The minimum absolute atomic E-state index is 0.109. The van der Waals surface area contributed by atoms with Crippen LogP contribution in [0.15, 0.2) is 58.1 Å². The number of rotatable bonds is 9. The molecule has 0 aliphatic heterocycles. The summed E-state index contributed by atoms with van der Waals surface area (Å²) in [5.74, 6) is -1.15. The molecule has 0 spiro atoms. The molecule has 3 aromatic rings. The molecular weight excluding hydrogens is 424 g/mol. The van der Waals surface area contributed by atoms with Crippen LogP contribution in [0, 0.1) is 13.8 Å². The summed E-state index contributed by atoms with van der Waals surface area (Å²) >= 11 is 1.04. The zero-order chi connectivity index (χ0) is 21.7. The van der Waals surface area contributed by atoms with Gasteiger partial charge in [0.2, 0.25) is 5.78 Å². The van der Waals surface area contributed by atoms with Crippen molar-refractivity contribution in [3.63, 3.8) is 0 Å². The molecule has 0 amide bonds. The molecule has 0 radical (unpaired) electrons. The number of benzene rings is 1. The van der Waals surface area contributed by atoms with Crippen LogP contribution in [0.5, 0.6) is 0 Å². The second-order valence-corrected chi connectivity index (χ2v) is 9.64. The molecule has 1 N–H and O–H groups in total. The van der Waals surface area contributed by atoms with Crippen molar-refractivity contribution in [2.75, 3.05) is 13.2 Å². The van der Waals surface area contributed by atoms with E-state index >= 15 is 0 Å². The second-order valence-electron chi connectivity index (χ2n) is 6.70. The molecule has 0 atom stereocenters. The monoisotopic (exact) mass is 446 g/mol. The van der Waals surface area contributed by atoms with Gasteiger partial charge in [0.05, 0.1) is 0 Å². The number of aryl methyl sites for hydroxylation is 1. The predicted octanol–water partition coefficient (Wildman–Crippen LogP) is 2.92. The molecule has 7 nitrogen and oxygen atoms in total. The Morgan fingerprint density at radius 1 is 1.10 bits per heavy atom. The van der Waals surface area contributed by atoms with Gasteiger partial charge in [-0.05, 0) is 36.9 Å². The summed E-state index contributed by atoms with van der Waals surface area (Å²) in [6.45, 7) is 3.41. The zero-order valence-electron chi connectivity index (χ0n) is 16.6. The first-order valence-electron chi connectivity index (χ1n) is 9.20. The summed E-state index contributed by atoms with van der Waals surface area (Å²) in [6.07, 6.45) is 0. The standard InChI is InChI=1S/C21H22N2O5S2/c1-15-11-18(16(2)23(15)13-17-7-4-3-5-8-17)19(24)14-28-20(25)12-22-30(26,27)21-9-6-10-29-21/h3-11,22H,12-14H2,1-2H3. The lowest BCUT2D eigenvalue weighted by molar-refractivity contribution is -0.141. The maximum Gasteiger partial charge on any atom is 0.321 e. The highest BCUT2D eigenvalue weighted by atomic mass is 32.2. The van der Waals surface area contributed by atoms with Crippen LogP contribution in [0.4, 0.5) is 0 Å². The van der Waals surface area contributed by atoms with E-state index in [0.29, 0.717) is 12.1 Å². The Morgan fingerprint density at radius 2 is 1.83 bits per heavy atom. The minimum atomic E-state index is -3.76. The Kier molecular flexibility index (Phi) is 6.86. The third-order valence-electron chi connectivity index (χ3n) is 4.59. The highest BCUT2D eigenvalue weighted by molar-refractivity contribution is 7.91. The van der Waals surface area contributed by atoms with Crippen LogP contribution >= 0.6 is 11.3 Å².